The number of hydrogen-bond donors (Lipinski definition) is 1. The number of amides is 1. The third-order valence-corrected chi connectivity index (χ3v) is 4.84. The highest BCUT2D eigenvalue weighted by Gasteiger charge is 2.34. The summed E-state index contributed by atoms with van der Waals surface area (Å²) < 4.78 is 5.31. The average Bonchev–Trinajstić information content (AvgIpc) is 2.90. The lowest BCUT2D eigenvalue weighted by Gasteiger charge is -2.20. The number of aliphatic carboxylic acids is 1. The third kappa shape index (κ3) is 3.88. The molecule has 0 spiro atoms. The van der Waals surface area contributed by atoms with Crippen LogP contribution < -0.4 is 4.74 Å². The number of hydrogen-bond acceptors (Lipinski definition) is 4. The van der Waals surface area contributed by atoms with Crippen LogP contribution in [0.2, 0.25) is 15.1 Å². The average molecular weight is 371 g/mol. The van der Waals surface area contributed by atoms with Crippen LogP contribution in [0.4, 0.5) is 0 Å². The van der Waals surface area contributed by atoms with Gasteiger partial charge in [0.15, 0.2) is 6.61 Å². The van der Waals surface area contributed by atoms with Crippen molar-refractivity contribution in [3.63, 3.8) is 0 Å². The zero-order valence-electron chi connectivity index (χ0n) is 10.5. The number of halogens is 3. The van der Waals surface area contributed by atoms with Gasteiger partial charge in [0.05, 0.1) is 20.9 Å². The largest absolute Gasteiger partial charge is 0.482 e. The predicted molar refractivity (Wildman–Crippen MR) is 82.6 cm³/mol. The zero-order valence-corrected chi connectivity index (χ0v) is 13.6. The highest BCUT2D eigenvalue weighted by molar-refractivity contribution is 7.99. The van der Waals surface area contributed by atoms with Crippen molar-refractivity contribution in [2.75, 3.05) is 18.2 Å². The summed E-state index contributed by atoms with van der Waals surface area (Å²) in [7, 11) is 0. The first-order valence-electron chi connectivity index (χ1n) is 5.77. The molecule has 1 N–H and O–H groups in total. The van der Waals surface area contributed by atoms with E-state index in [1.165, 1.54) is 28.8 Å². The second kappa shape index (κ2) is 6.96. The number of carbonyl (C=O) groups is 2. The maximum atomic E-state index is 12.0. The summed E-state index contributed by atoms with van der Waals surface area (Å²) in [5, 5.41) is 9.79. The van der Waals surface area contributed by atoms with Gasteiger partial charge < -0.3 is 14.7 Å². The Balaban J connectivity index is 2.01. The van der Waals surface area contributed by atoms with Crippen LogP contribution in [0.5, 0.6) is 5.75 Å². The summed E-state index contributed by atoms with van der Waals surface area (Å²) in [6, 6.07) is 2.00. The van der Waals surface area contributed by atoms with Crippen LogP contribution in [0, 0.1) is 0 Å². The number of carboxylic acids is 1. The van der Waals surface area contributed by atoms with Gasteiger partial charge in [0, 0.05) is 11.8 Å². The molecule has 0 aromatic heterocycles. The van der Waals surface area contributed by atoms with Gasteiger partial charge in [-0.1, -0.05) is 34.8 Å². The smallest absolute Gasteiger partial charge is 0.327 e. The molecule has 0 unspecified atom stereocenters. The lowest BCUT2D eigenvalue weighted by Crippen LogP contribution is -2.43. The topological polar surface area (TPSA) is 66.8 Å². The first-order chi connectivity index (χ1) is 9.90. The molecule has 21 heavy (non-hydrogen) atoms. The van der Waals surface area contributed by atoms with Crippen LogP contribution in [0.25, 0.3) is 0 Å². The van der Waals surface area contributed by atoms with Crippen LogP contribution in [0.3, 0.4) is 0 Å². The Hall–Kier alpha value is -0.820. The molecular weight excluding hydrogens is 361 g/mol. The van der Waals surface area contributed by atoms with Crippen LogP contribution in [0.1, 0.15) is 0 Å². The molecule has 1 fully saturated rings. The van der Waals surface area contributed by atoms with E-state index in [0.29, 0.717) is 11.6 Å². The summed E-state index contributed by atoms with van der Waals surface area (Å²) in [4.78, 5) is 24.3. The van der Waals surface area contributed by atoms with Crippen molar-refractivity contribution in [3.05, 3.63) is 27.2 Å². The highest BCUT2D eigenvalue weighted by atomic mass is 35.5. The standard InChI is InChI=1S/C12H10Cl3NO4S/c13-6-1-8(15)10(2-7(6)14)20-3-11(17)16-5-21-4-9(16)12(18)19/h1-2,9H,3-5H2,(H,18,19)/t9-/m0/s1. The molecule has 5 nitrogen and oxygen atoms in total. The maximum Gasteiger partial charge on any atom is 0.327 e. The van der Waals surface area contributed by atoms with E-state index in [-0.39, 0.29) is 27.4 Å². The van der Waals surface area contributed by atoms with Crippen molar-refractivity contribution in [2.45, 2.75) is 6.04 Å². The van der Waals surface area contributed by atoms with Gasteiger partial charge in [-0.3, -0.25) is 4.79 Å². The Kier molecular flexibility index (Phi) is 5.48. The molecule has 1 heterocycles. The lowest BCUT2D eigenvalue weighted by molar-refractivity contribution is -0.148. The van der Waals surface area contributed by atoms with Gasteiger partial charge in [0.25, 0.3) is 5.91 Å². The van der Waals surface area contributed by atoms with Crippen molar-refractivity contribution in [1.82, 2.24) is 4.90 Å². The molecule has 1 aromatic carbocycles. The minimum atomic E-state index is -1.03. The Morgan fingerprint density at radius 1 is 1.29 bits per heavy atom. The predicted octanol–water partition coefficient (Wildman–Crippen LogP) is 3.01. The molecule has 0 saturated carbocycles. The number of benzene rings is 1. The van der Waals surface area contributed by atoms with Crippen LogP contribution in [-0.2, 0) is 9.59 Å². The summed E-state index contributed by atoms with van der Waals surface area (Å²) >= 11 is 18.9. The van der Waals surface area contributed by atoms with E-state index in [0.717, 1.165) is 0 Å². The van der Waals surface area contributed by atoms with Crippen LogP contribution in [0.15, 0.2) is 12.1 Å². The molecule has 2 rings (SSSR count). The quantitative estimate of drug-likeness (QED) is 0.825. The van der Waals surface area contributed by atoms with E-state index in [4.69, 9.17) is 44.6 Å². The minimum absolute atomic E-state index is 0.221. The molecule has 0 radical (unpaired) electrons. The monoisotopic (exact) mass is 369 g/mol. The van der Waals surface area contributed by atoms with Gasteiger partial charge in [-0.25, -0.2) is 4.79 Å². The molecule has 1 atom stereocenters. The summed E-state index contributed by atoms with van der Waals surface area (Å²) in [5.74, 6) is -0.531. The highest BCUT2D eigenvalue weighted by Crippen LogP contribution is 2.34. The Bertz CT molecular complexity index is 584. The van der Waals surface area contributed by atoms with Gasteiger partial charge in [-0.05, 0) is 6.07 Å². The van der Waals surface area contributed by atoms with Crippen molar-refractivity contribution in [1.29, 1.82) is 0 Å². The summed E-state index contributed by atoms with van der Waals surface area (Å²) in [6.45, 7) is -0.317. The maximum absolute atomic E-state index is 12.0. The van der Waals surface area contributed by atoms with Crippen molar-refractivity contribution >= 4 is 58.4 Å². The Morgan fingerprint density at radius 3 is 2.62 bits per heavy atom. The van der Waals surface area contributed by atoms with Gasteiger partial charge in [0.2, 0.25) is 0 Å². The van der Waals surface area contributed by atoms with E-state index >= 15 is 0 Å². The van der Waals surface area contributed by atoms with E-state index in [1.54, 1.807) is 0 Å². The molecule has 0 bridgehead atoms. The number of carboxylic acid groups (broad SMARTS) is 1. The molecule has 1 aromatic rings. The second-order valence-electron chi connectivity index (χ2n) is 4.20. The summed E-state index contributed by atoms with van der Waals surface area (Å²) in [6.07, 6.45) is 0. The van der Waals surface area contributed by atoms with Gasteiger partial charge in [-0.15, -0.1) is 11.8 Å². The van der Waals surface area contributed by atoms with Crippen LogP contribution in [-0.4, -0.2) is 46.2 Å². The van der Waals surface area contributed by atoms with E-state index < -0.39 is 17.9 Å². The fraction of sp³-hybridized carbons (Fsp3) is 0.333. The van der Waals surface area contributed by atoms with Gasteiger partial charge in [0.1, 0.15) is 11.8 Å². The first-order valence-corrected chi connectivity index (χ1v) is 8.06. The number of rotatable bonds is 4. The number of thioether (sulfide) groups is 1. The van der Waals surface area contributed by atoms with Crippen molar-refractivity contribution < 1.29 is 19.4 Å². The second-order valence-corrected chi connectivity index (χ2v) is 6.42. The van der Waals surface area contributed by atoms with E-state index in [1.807, 2.05) is 0 Å². The fourth-order valence-electron chi connectivity index (χ4n) is 1.73. The summed E-state index contributed by atoms with van der Waals surface area (Å²) in [5.41, 5.74) is 0. The SMILES string of the molecule is O=C(O)[C@@H]1CSCN1C(=O)COc1cc(Cl)c(Cl)cc1Cl. The molecule has 0 aliphatic carbocycles. The number of ether oxygens (including phenoxy) is 1. The van der Waals surface area contributed by atoms with Crippen molar-refractivity contribution in [2.24, 2.45) is 0 Å². The molecule has 1 aliphatic rings. The Labute approximate surface area is 140 Å². The fourth-order valence-corrected chi connectivity index (χ4v) is 3.49. The Morgan fingerprint density at radius 2 is 1.95 bits per heavy atom. The molecular formula is C12H10Cl3NO4S. The first kappa shape index (κ1) is 16.5. The lowest BCUT2D eigenvalue weighted by atomic mass is 10.3. The number of carbonyl (C=O) groups excluding carboxylic acids is 1. The van der Waals surface area contributed by atoms with Crippen LogP contribution >= 0.6 is 46.6 Å². The van der Waals surface area contributed by atoms with E-state index in [9.17, 15) is 9.59 Å². The zero-order chi connectivity index (χ0) is 15.6. The molecule has 114 valence electrons. The number of nitrogens with zero attached hydrogens (tertiary/aromatic N) is 1. The molecule has 1 saturated heterocycles. The third-order valence-electron chi connectivity index (χ3n) is 2.81. The normalized spacial score (nSPS) is 17.9. The van der Waals surface area contributed by atoms with Crippen molar-refractivity contribution in [3.8, 4) is 5.75 Å². The van der Waals surface area contributed by atoms with E-state index in [2.05, 4.69) is 0 Å². The van der Waals surface area contributed by atoms with Gasteiger partial charge >= 0.3 is 5.97 Å². The van der Waals surface area contributed by atoms with Gasteiger partial charge in [-0.2, -0.15) is 0 Å². The molecule has 1 amide bonds. The minimum Gasteiger partial charge on any atom is -0.482 e. The molecule has 1 aliphatic heterocycles. The molecule has 9 heteroatoms.